The molecule has 0 bridgehead atoms. The lowest BCUT2D eigenvalue weighted by molar-refractivity contribution is -0.117. The van der Waals surface area contributed by atoms with Gasteiger partial charge < -0.3 is 5.32 Å². The second-order valence-electron chi connectivity index (χ2n) is 7.32. The number of amides is 1. The minimum Gasteiger partial charge on any atom is -0.310 e. The molecule has 0 aliphatic heterocycles. The first-order valence-electron chi connectivity index (χ1n) is 9.06. The third-order valence-corrected chi connectivity index (χ3v) is 5.55. The van der Waals surface area contributed by atoms with Gasteiger partial charge in [-0.2, -0.15) is 0 Å². The van der Waals surface area contributed by atoms with Gasteiger partial charge >= 0.3 is 0 Å². The largest absolute Gasteiger partial charge is 0.310 e. The summed E-state index contributed by atoms with van der Waals surface area (Å²) in [6.07, 6.45) is 2.38. The molecule has 3 nitrogen and oxygen atoms in total. The summed E-state index contributed by atoms with van der Waals surface area (Å²) in [7, 11) is 0. The van der Waals surface area contributed by atoms with Crippen LogP contribution in [0.4, 0.5) is 5.82 Å². The van der Waals surface area contributed by atoms with Crippen molar-refractivity contribution in [1.29, 1.82) is 0 Å². The topological polar surface area (TPSA) is 42.0 Å². The van der Waals surface area contributed by atoms with E-state index in [4.69, 9.17) is 11.6 Å². The van der Waals surface area contributed by atoms with Gasteiger partial charge in [0, 0.05) is 16.6 Å². The maximum atomic E-state index is 13.0. The zero-order chi connectivity index (χ0) is 19.0. The van der Waals surface area contributed by atoms with Crippen LogP contribution >= 0.6 is 11.6 Å². The third-order valence-electron chi connectivity index (χ3n) is 5.32. The quantitative estimate of drug-likeness (QED) is 0.671. The van der Waals surface area contributed by atoms with Gasteiger partial charge in [-0.05, 0) is 43.5 Å². The predicted octanol–water partition coefficient (Wildman–Crippen LogP) is 5.30. The monoisotopic (exact) mass is 376 g/mol. The molecular formula is C23H21ClN2O. The van der Waals surface area contributed by atoms with Crippen molar-refractivity contribution >= 4 is 23.3 Å². The first-order chi connectivity index (χ1) is 13.0. The van der Waals surface area contributed by atoms with Crippen molar-refractivity contribution in [2.24, 2.45) is 5.92 Å². The Bertz CT molecular complexity index is 969. The summed E-state index contributed by atoms with van der Waals surface area (Å²) in [4.78, 5) is 17.2. The van der Waals surface area contributed by atoms with Crippen molar-refractivity contribution < 1.29 is 4.79 Å². The lowest BCUT2D eigenvalue weighted by Gasteiger charge is -2.20. The number of nitrogens with one attached hydrogen (secondary N) is 1. The van der Waals surface area contributed by atoms with Crippen LogP contribution in [0.2, 0.25) is 5.02 Å². The fourth-order valence-corrected chi connectivity index (χ4v) is 4.08. The molecule has 0 unspecified atom stereocenters. The van der Waals surface area contributed by atoms with Crippen molar-refractivity contribution in [2.75, 3.05) is 5.32 Å². The van der Waals surface area contributed by atoms with E-state index in [-0.39, 0.29) is 17.2 Å². The average molecular weight is 377 g/mol. The van der Waals surface area contributed by atoms with Gasteiger partial charge in [0.1, 0.15) is 5.82 Å². The molecule has 1 aliphatic carbocycles. The van der Waals surface area contributed by atoms with E-state index >= 15 is 0 Å². The molecule has 0 radical (unpaired) electrons. The van der Waals surface area contributed by atoms with Crippen LogP contribution in [0.15, 0.2) is 66.9 Å². The number of benzene rings is 2. The molecular weight excluding hydrogens is 356 g/mol. The Labute approximate surface area is 164 Å². The molecule has 1 heterocycles. The van der Waals surface area contributed by atoms with Crippen LogP contribution in [0.3, 0.4) is 0 Å². The van der Waals surface area contributed by atoms with Crippen molar-refractivity contribution in [3.8, 4) is 0 Å². The SMILES string of the molecule is Cc1cccc(C2(c3cccc(C)c3)C[C@H]2C(=O)Nc2cc(Cl)ccn2)c1. The van der Waals surface area contributed by atoms with Crippen LogP contribution in [0.5, 0.6) is 0 Å². The number of carbonyl (C=O) groups excluding carboxylic acids is 1. The van der Waals surface area contributed by atoms with Gasteiger partial charge in [0.05, 0.1) is 5.92 Å². The van der Waals surface area contributed by atoms with Gasteiger partial charge in [0.15, 0.2) is 0 Å². The third kappa shape index (κ3) is 3.35. The van der Waals surface area contributed by atoms with E-state index in [1.165, 1.54) is 22.3 Å². The summed E-state index contributed by atoms with van der Waals surface area (Å²) in [6.45, 7) is 4.17. The van der Waals surface area contributed by atoms with Crippen LogP contribution in [-0.2, 0) is 10.2 Å². The van der Waals surface area contributed by atoms with Crippen molar-refractivity contribution in [3.05, 3.63) is 94.1 Å². The molecule has 1 amide bonds. The number of anilines is 1. The summed E-state index contributed by atoms with van der Waals surface area (Å²) in [5.41, 5.74) is 4.48. The van der Waals surface area contributed by atoms with Gasteiger partial charge in [-0.3, -0.25) is 4.79 Å². The van der Waals surface area contributed by atoms with Crippen LogP contribution in [0.1, 0.15) is 28.7 Å². The summed E-state index contributed by atoms with van der Waals surface area (Å²) in [6, 6.07) is 20.3. The number of halogens is 1. The Kier molecular flexibility index (Phi) is 4.48. The smallest absolute Gasteiger partial charge is 0.229 e. The molecule has 136 valence electrons. The van der Waals surface area contributed by atoms with Crippen LogP contribution < -0.4 is 5.32 Å². The fourth-order valence-electron chi connectivity index (χ4n) is 3.92. The Morgan fingerprint density at radius 3 is 2.22 bits per heavy atom. The lowest BCUT2D eigenvalue weighted by atomic mass is 9.84. The number of hydrogen-bond donors (Lipinski definition) is 1. The van der Waals surface area contributed by atoms with Gasteiger partial charge in [-0.1, -0.05) is 71.3 Å². The lowest BCUT2D eigenvalue weighted by Crippen LogP contribution is -2.22. The van der Waals surface area contributed by atoms with Crippen molar-refractivity contribution in [3.63, 3.8) is 0 Å². The number of carbonyl (C=O) groups is 1. The molecule has 3 aromatic rings. The molecule has 1 saturated carbocycles. The number of pyridine rings is 1. The summed E-state index contributed by atoms with van der Waals surface area (Å²) >= 11 is 6.01. The van der Waals surface area contributed by atoms with Crippen LogP contribution in [-0.4, -0.2) is 10.9 Å². The fraction of sp³-hybridized carbons (Fsp3) is 0.217. The number of aromatic nitrogens is 1. The predicted molar refractivity (Wildman–Crippen MR) is 109 cm³/mol. The number of nitrogens with zero attached hydrogens (tertiary/aromatic N) is 1. The van der Waals surface area contributed by atoms with Gasteiger partial charge in [0.25, 0.3) is 0 Å². The van der Waals surface area contributed by atoms with Gasteiger partial charge in [-0.25, -0.2) is 4.98 Å². The van der Waals surface area contributed by atoms with Gasteiger partial charge in [0.2, 0.25) is 5.91 Å². The Hall–Kier alpha value is -2.65. The molecule has 1 atom stereocenters. The number of aryl methyl sites for hydroxylation is 2. The molecule has 4 rings (SSSR count). The van der Waals surface area contributed by atoms with E-state index in [1.807, 2.05) is 0 Å². The highest BCUT2D eigenvalue weighted by Crippen LogP contribution is 2.59. The molecule has 1 aromatic heterocycles. The molecule has 0 spiro atoms. The molecule has 1 aliphatic rings. The normalized spacial score (nSPS) is 17.4. The van der Waals surface area contributed by atoms with Crippen LogP contribution in [0, 0.1) is 19.8 Å². The van der Waals surface area contributed by atoms with E-state index in [2.05, 4.69) is 72.7 Å². The summed E-state index contributed by atoms with van der Waals surface area (Å²) < 4.78 is 0. The average Bonchev–Trinajstić information content (AvgIpc) is 3.39. The Morgan fingerprint density at radius 1 is 1.04 bits per heavy atom. The van der Waals surface area contributed by atoms with Crippen LogP contribution in [0.25, 0.3) is 0 Å². The van der Waals surface area contributed by atoms with E-state index in [0.717, 1.165) is 6.42 Å². The molecule has 1 fully saturated rings. The first-order valence-corrected chi connectivity index (χ1v) is 9.43. The molecule has 4 heteroatoms. The zero-order valence-corrected chi connectivity index (χ0v) is 16.1. The van der Waals surface area contributed by atoms with Crippen molar-refractivity contribution in [1.82, 2.24) is 4.98 Å². The van der Waals surface area contributed by atoms with E-state index < -0.39 is 0 Å². The maximum absolute atomic E-state index is 13.0. The minimum absolute atomic E-state index is 0.0206. The minimum atomic E-state index is -0.291. The highest BCUT2D eigenvalue weighted by Gasteiger charge is 2.60. The summed E-state index contributed by atoms with van der Waals surface area (Å²) in [5.74, 6) is 0.330. The second-order valence-corrected chi connectivity index (χ2v) is 7.75. The molecule has 0 saturated heterocycles. The van der Waals surface area contributed by atoms with E-state index in [0.29, 0.717) is 10.8 Å². The molecule has 2 aromatic carbocycles. The highest BCUT2D eigenvalue weighted by atomic mass is 35.5. The molecule has 27 heavy (non-hydrogen) atoms. The first kappa shape index (κ1) is 17.7. The van der Waals surface area contributed by atoms with Crippen molar-refractivity contribution in [2.45, 2.75) is 25.7 Å². The van der Waals surface area contributed by atoms with E-state index in [9.17, 15) is 4.79 Å². The Morgan fingerprint density at radius 2 is 1.67 bits per heavy atom. The second kappa shape index (κ2) is 6.82. The van der Waals surface area contributed by atoms with E-state index in [1.54, 1.807) is 18.3 Å². The molecule has 1 N–H and O–H groups in total. The highest BCUT2D eigenvalue weighted by molar-refractivity contribution is 6.30. The standard InChI is InChI=1S/C23H21ClN2O/c1-15-5-3-7-17(11-15)23(18-8-4-6-16(2)12-18)14-20(23)22(27)26-21-13-19(24)9-10-25-21/h3-13,20H,14H2,1-2H3,(H,25,26,27)/t20-/m0/s1. The number of rotatable bonds is 4. The number of hydrogen-bond acceptors (Lipinski definition) is 2. The Balaban J connectivity index is 1.70. The van der Waals surface area contributed by atoms with Gasteiger partial charge in [-0.15, -0.1) is 0 Å². The maximum Gasteiger partial charge on any atom is 0.229 e. The zero-order valence-electron chi connectivity index (χ0n) is 15.4. The summed E-state index contributed by atoms with van der Waals surface area (Å²) in [5, 5.41) is 3.49.